The molecule has 1 amide bonds. The zero-order valence-electron chi connectivity index (χ0n) is 9.82. The molecule has 15 heavy (non-hydrogen) atoms. The second-order valence-electron chi connectivity index (χ2n) is 4.69. The number of carbonyl (C=O) groups excluding carboxylic acids is 1. The molecule has 0 unspecified atom stereocenters. The Morgan fingerprint density at radius 2 is 2.00 bits per heavy atom. The molecule has 0 bridgehead atoms. The van der Waals surface area contributed by atoms with Crippen LogP contribution in [0.5, 0.6) is 0 Å². The monoisotopic (exact) mass is 215 g/mol. The molecule has 1 saturated heterocycles. The normalized spacial score (nSPS) is 20.3. The minimum atomic E-state index is -0.752. The van der Waals surface area contributed by atoms with E-state index in [9.17, 15) is 9.90 Å². The second-order valence-corrected chi connectivity index (χ2v) is 4.69. The summed E-state index contributed by atoms with van der Waals surface area (Å²) in [5.41, 5.74) is -0.752. The summed E-state index contributed by atoms with van der Waals surface area (Å²) >= 11 is 0. The van der Waals surface area contributed by atoms with E-state index in [2.05, 4.69) is 0 Å². The highest BCUT2D eigenvalue weighted by Gasteiger charge is 2.32. The number of ether oxygens (including phenoxy) is 1. The van der Waals surface area contributed by atoms with Crippen molar-refractivity contribution in [3.63, 3.8) is 0 Å². The van der Waals surface area contributed by atoms with E-state index in [0.717, 1.165) is 0 Å². The Morgan fingerprint density at radius 3 is 2.47 bits per heavy atom. The molecule has 0 aromatic carbocycles. The number of carbonyl (C=O) groups is 1. The van der Waals surface area contributed by atoms with Gasteiger partial charge in [-0.2, -0.15) is 0 Å². The Balaban J connectivity index is 2.48. The molecule has 0 aromatic rings. The predicted molar refractivity (Wildman–Crippen MR) is 57.5 cm³/mol. The minimum Gasteiger partial charge on any atom is -0.388 e. The third kappa shape index (κ3) is 3.47. The van der Waals surface area contributed by atoms with Crippen molar-refractivity contribution in [3.05, 3.63) is 0 Å². The first-order valence-electron chi connectivity index (χ1n) is 5.50. The molecule has 88 valence electrons. The highest BCUT2D eigenvalue weighted by Crippen LogP contribution is 2.21. The van der Waals surface area contributed by atoms with Crippen molar-refractivity contribution in [3.8, 4) is 0 Å². The van der Waals surface area contributed by atoms with Crippen LogP contribution in [0.4, 0.5) is 0 Å². The van der Waals surface area contributed by atoms with E-state index < -0.39 is 5.60 Å². The fourth-order valence-corrected chi connectivity index (χ4v) is 1.87. The lowest BCUT2D eigenvalue weighted by Gasteiger charge is -2.35. The highest BCUT2D eigenvalue weighted by molar-refractivity contribution is 5.77. The Morgan fingerprint density at radius 1 is 1.47 bits per heavy atom. The van der Waals surface area contributed by atoms with Crippen molar-refractivity contribution >= 4 is 5.91 Å². The molecule has 0 radical (unpaired) electrons. The lowest BCUT2D eigenvalue weighted by molar-refractivity contribution is -0.139. The molecule has 0 aliphatic carbocycles. The summed E-state index contributed by atoms with van der Waals surface area (Å²) in [5, 5.41) is 10.2. The van der Waals surface area contributed by atoms with Gasteiger partial charge in [0.25, 0.3) is 0 Å². The molecule has 1 fully saturated rings. The quantitative estimate of drug-likeness (QED) is 0.751. The van der Waals surface area contributed by atoms with Crippen molar-refractivity contribution in [1.29, 1.82) is 0 Å². The van der Waals surface area contributed by atoms with Gasteiger partial charge in [-0.15, -0.1) is 0 Å². The summed E-state index contributed by atoms with van der Waals surface area (Å²) in [6.45, 7) is 5.31. The van der Waals surface area contributed by atoms with Crippen molar-refractivity contribution in [2.45, 2.75) is 32.3 Å². The first kappa shape index (κ1) is 12.5. The molecular formula is C11H21NO3. The molecule has 4 nitrogen and oxygen atoms in total. The van der Waals surface area contributed by atoms with Gasteiger partial charge in [0.15, 0.2) is 0 Å². The van der Waals surface area contributed by atoms with Crippen LogP contribution < -0.4 is 0 Å². The molecule has 0 saturated carbocycles. The molecule has 1 heterocycles. The van der Waals surface area contributed by atoms with Crippen LogP contribution in [0.15, 0.2) is 0 Å². The number of nitrogens with zero attached hydrogens (tertiary/aromatic N) is 1. The van der Waals surface area contributed by atoms with E-state index in [1.807, 2.05) is 13.8 Å². The lowest BCUT2D eigenvalue weighted by Crippen LogP contribution is -2.48. The zero-order valence-corrected chi connectivity index (χ0v) is 9.82. The SMILES string of the molecule is CC(C)C(=O)N(C)CC1(O)CCOCC1. The average Bonchev–Trinajstić information content (AvgIpc) is 2.16. The number of hydrogen-bond acceptors (Lipinski definition) is 3. The third-order valence-corrected chi connectivity index (χ3v) is 2.83. The summed E-state index contributed by atoms with van der Waals surface area (Å²) in [4.78, 5) is 13.3. The standard InChI is InChI=1S/C11H21NO3/c1-9(2)10(13)12(3)8-11(14)4-6-15-7-5-11/h9,14H,4-8H2,1-3H3. The van der Waals surface area contributed by atoms with E-state index in [1.54, 1.807) is 11.9 Å². The number of likely N-dealkylation sites (N-methyl/N-ethyl adjacent to an activating group) is 1. The predicted octanol–water partition coefficient (Wildman–Crippen LogP) is 0.642. The van der Waals surface area contributed by atoms with Crippen LogP contribution in [0.25, 0.3) is 0 Å². The number of hydrogen-bond donors (Lipinski definition) is 1. The number of amides is 1. The van der Waals surface area contributed by atoms with Crippen LogP contribution in [0.3, 0.4) is 0 Å². The summed E-state index contributed by atoms with van der Waals surface area (Å²) in [6.07, 6.45) is 1.23. The van der Waals surface area contributed by atoms with Crippen LogP contribution in [0, 0.1) is 5.92 Å². The van der Waals surface area contributed by atoms with E-state index in [0.29, 0.717) is 32.6 Å². The van der Waals surface area contributed by atoms with Crippen LogP contribution in [-0.4, -0.2) is 48.3 Å². The molecule has 1 aliphatic rings. The maximum Gasteiger partial charge on any atom is 0.224 e. The van der Waals surface area contributed by atoms with Crippen LogP contribution in [-0.2, 0) is 9.53 Å². The van der Waals surface area contributed by atoms with Crippen LogP contribution >= 0.6 is 0 Å². The average molecular weight is 215 g/mol. The molecule has 0 aromatic heterocycles. The van der Waals surface area contributed by atoms with Gasteiger partial charge >= 0.3 is 0 Å². The van der Waals surface area contributed by atoms with E-state index in [1.165, 1.54) is 0 Å². The Kier molecular flexibility index (Phi) is 4.11. The van der Waals surface area contributed by atoms with Crippen LogP contribution in [0.2, 0.25) is 0 Å². The van der Waals surface area contributed by atoms with Gasteiger partial charge in [0.2, 0.25) is 5.91 Å². The maximum atomic E-state index is 11.6. The van der Waals surface area contributed by atoms with Crippen molar-refractivity contribution in [2.24, 2.45) is 5.92 Å². The van der Waals surface area contributed by atoms with Crippen molar-refractivity contribution in [2.75, 3.05) is 26.8 Å². The molecule has 0 spiro atoms. The molecule has 1 rings (SSSR count). The summed E-state index contributed by atoms with van der Waals surface area (Å²) in [5.74, 6) is 0.0633. The summed E-state index contributed by atoms with van der Waals surface area (Å²) in [6, 6.07) is 0. The molecule has 1 N–H and O–H groups in total. The fourth-order valence-electron chi connectivity index (χ4n) is 1.87. The van der Waals surface area contributed by atoms with Gasteiger partial charge in [-0.05, 0) is 0 Å². The highest BCUT2D eigenvalue weighted by atomic mass is 16.5. The minimum absolute atomic E-state index is 0.0153. The summed E-state index contributed by atoms with van der Waals surface area (Å²) in [7, 11) is 1.75. The third-order valence-electron chi connectivity index (χ3n) is 2.83. The molecule has 1 aliphatic heterocycles. The Hall–Kier alpha value is -0.610. The smallest absolute Gasteiger partial charge is 0.224 e. The molecule has 0 atom stereocenters. The molecule has 4 heteroatoms. The summed E-state index contributed by atoms with van der Waals surface area (Å²) < 4.78 is 5.19. The van der Waals surface area contributed by atoms with Crippen molar-refractivity contribution < 1.29 is 14.6 Å². The van der Waals surface area contributed by atoms with Gasteiger partial charge < -0.3 is 14.7 Å². The van der Waals surface area contributed by atoms with E-state index in [-0.39, 0.29) is 11.8 Å². The second kappa shape index (κ2) is 4.94. The van der Waals surface area contributed by atoms with Gasteiger partial charge in [0, 0.05) is 45.6 Å². The first-order valence-corrected chi connectivity index (χ1v) is 5.50. The maximum absolute atomic E-state index is 11.6. The zero-order chi connectivity index (χ0) is 11.5. The fraction of sp³-hybridized carbons (Fsp3) is 0.909. The lowest BCUT2D eigenvalue weighted by atomic mass is 9.93. The van der Waals surface area contributed by atoms with Gasteiger partial charge in [-0.3, -0.25) is 4.79 Å². The van der Waals surface area contributed by atoms with Crippen molar-refractivity contribution in [1.82, 2.24) is 4.90 Å². The Bertz CT molecular complexity index is 222. The van der Waals surface area contributed by atoms with Gasteiger partial charge in [-0.25, -0.2) is 0 Å². The number of aliphatic hydroxyl groups is 1. The van der Waals surface area contributed by atoms with Crippen LogP contribution in [0.1, 0.15) is 26.7 Å². The molecular weight excluding hydrogens is 194 g/mol. The Labute approximate surface area is 91.2 Å². The van der Waals surface area contributed by atoms with Gasteiger partial charge in [0.1, 0.15) is 0 Å². The topological polar surface area (TPSA) is 49.8 Å². The van der Waals surface area contributed by atoms with E-state index in [4.69, 9.17) is 4.74 Å². The first-order chi connectivity index (χ1) is 6.94. The van der Waals surface area contributed by atoms with E-state index >= 15 is 0 Å². The number of rotatable bonds is 3. The largest absolute Gasteiger partial charge is 0.388 e. The van der Waals surface area contributed by atoms with Gasteiger partial charge in [-0.1, -0.05) is 13.8 Å². The van der Waals surface area contributed by atoms with Gasteiger partial charge in [0.05, 0.1) is 5.60 Å².